The van der Waals surface area contributed by atoms with Gasteiger partial charge in [0.25, 0.3) is 0 Å². The van der Waals surface area contributed by atoms with Crippen molar-refractivity contribution in [3.8, 4) is 0 Å². The molecule has 98 valence electrons. The predicted molar refractivity (Wildman–Crippen MR) is 81.2 cm³/mol. The molecule has 20 heavy (non-hydrogen) atoms. The van der Waals surface area contributed by atoms with Gasteiger partial charge in [0.2, 0.25) is 5.95 Å². The van der Waals surface area contributed by atoms with Crippen LogP contribution in [0.3, 0.4) is 0 Å². The first-order valence-corrected chi connectivity index (χ1v) is 6.88. The highest BCUT2D eigenvalue weighted by Crippen LogP contribution is 2.29. The summed E-state index contributed by atoms with van der Waals surface area (Å²) in [6, 6.07) is 7.89. The monoisotopic (exact) mass is 282 g/mol. The highest BCUT2D eigenvalue weighted by molar-refractivity contribution is 7.17. The van der Waals surface area contributed by atoms with Gasteiger partial charge in [-0.3, -0.25) is 5.10 Å². The van der Waals surface area contributed by atoms with Crippen LogP contribution < -0.4 is 11.1 Å². The molecule has 3 heterocycles. The molecule has 4 N–H and O–H groups in total. The van der Waals surface area contributed by atoms with Gasteiger partial charge in [-0.1, -0.05) is 0 Å². The maximum Gasteiger partial charge on any atom is 0.222 e. The summed E-state index contributed by atoms with van der Waals surface area (Å²) in [5.41, 5.74) is 8.53. The zero-order valence-corrected chi connectivity index (χ0v) is 11.1. The zero-order valence-electron chi connectivity index (χ0n) is 10.3. The predicted octanol–water partition coefficient (Wildman–Crippen LogP) is 2.89. The van der Waals surface area contributed by atoms with Gasteiger partial charge in [0, 0.05) is 11.1 Å². The molecule has 0 radical (unpaired) electrons. The van der Waals surface area contributed by atoms with Crippen molar-refractivity contribution in [1.29, 1.82) is 0 Å². The molecule has 0 fully saturated rings. The Balaban J connectivity index is 1.81. The van der Waals surface area contributed by atoms with E-state index in [9.17, 15) is 0 Å². The number of nitrogen functional groups attached to an aromatic ring is 1. The lowest BCUT2D eigenvalue weighted by atomic mass is 10.2. The number of hydrogen-bond acceptors (Lipinski definition) is 6. The molecular formula is C13H10N6S. The number of hydrogen-bond donors (Lipinski definition) is 3. The molecule has 0 spiro atoms. The Morgan fingerprint density at radius 1 is 1.20 bits per heavy atom. The van der Waals surface area contributed by atoms with Crippen LogP contribution in [0.25, 0.3) is 21.1 Å². The summed E-state index contributed by atoms with van der Waals surface area (Å²) in [5, 5.41) is 13.2. The van der Waals surface area contributed by atoms with Crippen molar-refractivity contribution in [3.05, 3.63) is 35.8 Å². The maximum atomic E-state index is 5.74. The fourth-order valence-corrected chi connectivity index (χ4v) is 2.90. The molecule has 0 unspecified atom stereocenters. The van der Waals surface area contributed by atoms with Crippen LogP contribution >= 0.6 is 11.3 Å². The number of benzene rings is 1. The molecule has 0 amide bonds. The standard InChI is InChI=1S/C13H10N6S/c14-13-17-10-3-4-20-11(10)12(18-13)16-8-1-2-9-7(5-8)6-15-19-9/h1-6H,(H,15,19)(H3,14,16,17,18). The summed E-state index contributed by atoms with van der Waals surface area (Å²) in [5.74, 6) is 0.994. The van der Waals surface area contributed by atoms with E-state index in [1.807, 2.05) is 29.6 Å². The minimum Gasteiger partial charge on any atom is -0.368 e. The van der Waals surface area contributed by atoms with E-state index in [2.05, 4.69) is 25.5 Å². The summed E-state index contributed by atoms with van der Waals surface area (Å²) in [6.07, 6.45) is 1.79. The summed E-state index contributed by atoms with van der Waals surface area (Å²) in [4.78, 5) is 8.48. The van der Waals surface area contributed by atoms with E-state index in [1.165, 1.54) is 0 Å². The Hall–Kier alpha value is -2.67. The van der Waals surface area contributed by atoms with Crippen LogP contribution in [0.15, 0.2) is 35.8 Å². The largest absolute Gasteiger partial charge is 0.368 e. The fraction of sp³-hybridized carbons (Fsp3) is 0. The molecule has 4 rings (SSSR count). The van der Waals surface area contributed by atoms with Gasteiger partial charge in [0.1, 0.15) is 0 Å². The fourth-order valence-electron chi connectivity index (χ4n) is 2.12. The van der Waals surface area contributed by atoms with E-state index in [0.29, 0.717) is 0 Å². The molecule has 3 aromatic heterocycles. The van der Waals surface area contributed by atoms with Gasteiger partial charge in [0.15, 0.2) is 5.82 Å². The minimum absolute atomic E-state index is 0.266. The number of nitrogens with one attached hydrogen (secondary N) is 2. The van der Waals surface area contributed by atoms with Crippen molar-refractivity contribution in [1.82, 2.24) is 20.2 Å². The highest BCUT2D eigenvalue weighted by atomic mass is 32.1. The third-order valence-electron chi connectivity index (χ3n) is 3.02. The Bertz CT molecular complexity index is 909. The summed E-state index contributed by atoms with van der Waals surface area (Å²) in [7, 11) is 0. The minimum atomic E-state index is 0.266. The first kappa shape index (κ1) is 11.2. The molecule has 7 heteroatoms. The van der Waals surface area contributed by atoms with Crippen LogP contribution in [0.4, 0.5) is 17.5 Å². The van der Waals surface area contributed by atoms with Crippen molar-refractivity contribution in [2.45, 2.75) is 0 Å². The van der Waals surface area contributed by atoms with E-state index < -0.39 is 0 Å². The Morgan fingerprint density at radius 2 is 2.15 bits per heavy atom. The second-order valence-electron chi connectivity index (χ2n) is 4.36. The van der Waals surface area contributed by atoms with Gasteiger partial charge in [-0.15, -0.1) is 11.3 Å². The smallest absolute Gasteiger partial charge is 0.222 e. The van der Waals surface area contributed by atoms with E-state index in [0.717, 1.165) is 32.6 Å². The van der Waals surface area contributed by atoms with E-state index in [4.69, 9.17) is 5.73 Å². The Kier molecular flexibility index (Phi) is 2.33. The van der Waals surface area contributed by atoms with Crippen LogP contribution in [-0.2, 0) is 0 Å². The number of aromatic nitrogens is 4. The van der Waals surface area contributed by atoms with Crippen LogP contribution in [0.2, 0.25) is 0 Å². The third-order valence-corrected chi connectivity index (χ3v) is 3.93. The van der Waals surface area contributed by atoms with Crippen LogP contribution in [0.5, 0.6) is 0 Å². The summed E-state index contributed by atoms with van der Waals surface area (Å²) in [6.45, 7) is 0. The zero-order chi connectivity index (χ0) is 13.5. The van der Waals surface area contributed by atoms with Gasteiger partial charge in [-0.25, -0.2) is 4.98 Å². The topological polar surface area (TPSA) is 92.5 Å². The summed E-state index contributed by atoms with van der Waals surface area (Å²) < 4.78 is 0.992. The van der Waals surface area contributed by atoms with Crippen molar-refractivity contribution in [3.63, 3.8) is 0 Å². The number of anilines is 3. The van der Waals surface area contributed by atoms with E-state index in [1.54, 1.807) is 17.5 Å². The Morgan fingerprint density at radius 3 is 3.10 bits per heavy atom. The molecule has 1 aromatic carbocycles. The first-order chi connectivity index (χ1) is 9.79. The van der Waals surface area contributed by atoms with E-state index >= 15 is 0 Å². The first-order valence-electron chi connectivity index (χ1n) is 6.00. The number of H-pyrrole nitrogens is 1. The molecule has 6 nitrogen and oxygen atoms in total. The quantitative estimate of drug-likeness (QED) is 0.525. The second-order valence-corrected chi connectivity index (χ2v) is 5.28. The third kappa shape index (κ3) is 1.76. The number of fused-ring (bicyclic) bond motifs is 2. The number of nitrogens with two attached hydrogens (primary N) is 1. The normalized spacial score (nSPS) is 11.2. The lowest BCUT2D eigenvalue weighted by Crippen LogP contribution is -1.99. The van der Waals surface area contributed by atoms with Gasteiger partial charge < -0.3 is 11.1 Å². The number of rotatable bonds is 2. The highest BCUT2D eigenvalue weighted by Gasteiger charge is 2.08. The van der Waals surface area contributed by atoms with E-state index in [-0.39, 0.29) is 5.95 Å². The second kappa shape index (κ2) is 4.17. The average Bonchev–Trinajstić information content (AvgIpc) is 3.05. The van der Waals surface area contributed by atoms with Gasteiger partial charge >= 0.3 is 0 Å². The molecule has 0 saturated heterocycles. The number of aromatic amines is 1. The molecule has 0 aliphatic rings. The Labute approximate surface area is 117 Å². The molecular weight excluding hydrogens is 272 g/mol. The van der Waals surface area contributed by atoms with Crippen molar-refractivity contribution in [2.24, 2.45) is 0 Å². The molecule has 0 aliphatic heterocycles. The summed E-state index contributed by atoms with van der Waals surface area (Å²) >= 11 is 1.59. The number of thiophene rings is 1. The van der Waals surface area contributed by atoms with Crippen molar-refractivity contribution >= 4 is 49.9 Å². The maximum absolute atomic E-state index is 5.74. The number of nitrogens with zero attached hydrogens (tertiary/aromatic N) is 3. The van der Waals surface area contributed by atoms with Crippen LogP contribution in [0.1, 0.15) is 0 Å². The molecule has 4 aromatic rings. The van der Waals surface area contributed by atoms with Gasteiger partial charge in [-0.05, 0) is 29.6 Å². The molecule has 0 atom stereocenters. The molecule has 0 bridgehead atoms. The van der Waals surface area contributed by atoms with Crippen LogP contribution in [0, 0.1) is 0 Å². The molecule has 0 aliphatic carbocycles. The van der Waals surface area contributed by atoms with Gasteiger partial charge in [0.05, 0.1) is 21.9 Å². The lowest BCUT2D eigenvalue weighted by molar-refractivity contribution is 1.12. The molecule has 0 saturated carbocycles. The van der Waals surface area contributed by atoms with Crippen LogP contribution in [-0.4, -0.2) is 20.2 Å². The SMILES string of the molecule is Nc1nc(Nc2ccc3[nH]ncc3c2)c2sccc2n1. The average molecular weight is 282 g/mol. The lowest BCUT2D eigenvalue weighted by Gasteiger charge is -2.07. The van der Waals surface area contributed by atoms with Crippen molar-refractivity contribution in [2.75, 3.05) is 11.1 Å². The van der Waals surface area contributed by atoms with Crippen molar-refractivity contribution < 1.29 is 0 Å². The van der Waals surface area contributed by atoms with Gasteiger partial charge in [-0.2, -0.15) is 10.1 Å².